The number of imidazole rings is 1. The highest BCUT2D eigenvalue weighted by Crippen LogP contribution is 2.24. The van der Waals surface area contributed by atoms with Gasteiger partial charge in [-0.15, -0.1) is 0 Å². The Kier molecular flexibility index (Phi) is 4.20. The molecule has 0 saturated heterocycles. The maximum absolute atomic E-state index is 8.95. The fraction of sp³-hybridized carbons (Fsp3) is 0.250. The van der Waals surface area contributed by atoms with Gasteiger partial charge in [0.1, 0.15) is 11.3 Å². The van der Waals surface area contributed by atoms with E-state index in [1.165, 1.54) is 5.56 Å². The van der Waals surface area contributed by atoms with Gasteiger partial charge in [0, 0.05) is 26.2 Å². The lowest BCUT2D eigenvalue weighted by molar-refractivity contribution is 0.311. The smallest absolute Gasteiger partial charge is 0.164 e. The molecule has 0 amide bonds. The first-order chi connectivity index (χ1) is 10.8. The van der Waals surface area contributed by atoms with Crippen LogP contribution in [0.4, 0.5) is 11.5 Å². The molecule has 0 spiro atoms. The Bertz CT molecular complexity index is 754. The minimum atomic E-state index is 0.0673. The number of fused-ring (bicyclic) bond motifs is 1. The van der Waals surface area contributed by atoms with Crippen LogP contribution in [0.2, 0.25) is 0 Å². The molecule has 0 atom stereocenters. The molecule has 0 aliphatic carbocycles. The molecule has 0 aliphatic rings. The molecule has 0 fully saturated rings. The topological polar surface area (TPSA) is 75.0 Å². The minimum Gasteiger partial charge on any atom is -0.395 e. The van der Waals surface area contributed by atoms with Crippen LogP contribution in [-0.4, -0.2) is 32.8 Å². The van der Waals surface area contributed by atoms with Gasteiger partial charge in [-0.2, -0.15) is 0 Å². The molecule has 3 rings (SSSR count). The number of nitrogens with one attached hydrogen (secondary N) is 2. The highest BCUT2D eigenvalue weighted by atomic mass is 16.3. The number of hydrogen-bond donors (Lipinski definition) is 3. The first-order valence-corrected chi connectivity index (χ1v) is 7.22. The van der Waals surface area contributed by atoms with E-state index in [0.29, 0.717) is 6.54 Å². The lowest BCUT2D eigenvalue weighted by atomic mass is 10.2. The van der Waals surface area contributed by atoms with Crippen LogP contribution >= 0.6 is 0 Å². The number of nitrogens with zero attached hydrogens (tertiary/aromatic N) is 3. The van der Waals surface area contributed by atoms with Crippen molar-refractivity contribution in [3.63, 3.8) is 0 Å². The Morgan fingerprint density at radius 1 is 1.18 bits per heavy atom. The number of aliphatic hydroxyl groups is 1. The predicted molar refractivity (Wildman–Crippen MR) is 87.9 cm³/mol. The fourth-order valence-corrected chi connectivity index (χ4v) is 2.30. The third-order valence-corrected chi connectivity index (χ3v) is 3.41. The van der Waals surface area contributed by atoms with Crippen LogP contribution in [0, 0.1) is 0 Å². The lowest BCUT2D eigenvalue weighted by Crippen LogP contribution is -2.08. The van der Waals surface area contributed by atoms with E-state index >= 15 is 0 Å². The van der Waals surface area contributed by atoms with Crippen molar-refractivity contribution in [2.24, 2.45) is 7.05 Å². The van der Waals surface area contributed by atoms with Gasteiger partial charge in [0.15, 0.2) is 5.65 Å². The Hall–Kier alpha value is -2.60. The summed E-state index contributed by atoms with van der Waals surface area (Å²) in [6.45, 7) is 1.25. The zero-order chi connectivity index (χ0) is 15.4. The van der Waals surface area contributed by atoms with Crippen LogP contribution in [0.15, 0.2) is 42.7 Å². The van der Waals surface area contributed by atoms with Crippen LogP contribution in [0.25, 0.3) is 11.2 Å². The van der Waals surface area contributed by atoms with Gasteiger partial charge in [-0.1, -0.05) is 30.3 Å². The summed E-state index contributed by atoms with van der Waals surface area (Å²) in [5.41, 5.74) is 3.77. The van der Waals surface area contributed by atoms with Gasteiger partial charge in [-0.05, 0) is 5.56 Å². The number of rotatable bonds is 6. The van der Waals surface area contributed by atoms with Crippen molar-refractivity contribution in [2.75, 3.05) is 23.8 Å². The largest absolute Gasteiger partial charge is 0.395 e. The van der Waals surface area contributed by atoms with E-state index in [9.17, 15) is 0 Å². The monoisotopic (exact) mass is 297 g/mol. The van der Waals surface area contributed by atoms with E-state index in [0.717, 1.165) is 29.2 Å². The predicted octanol–water partition coefficient (Wildman–Crippen LogP) is 1.98. The van der Waals surface area contributed by atoms with Crippen molar-refractivity contribution >= 4 is 22.7 Å². The summed E-state index contributed by atoms with van der Waals surface area (Å²) in [5.74, 6) is 0.723. The summed E-state index contributed by atoms with van der Waals surface area (Å²) in [6.07, 6.45) is 1.75. The van der Waals surface area contributed by atoms with Crippen molar-refractivity contribution in [1.82, 2.24) is 14.5 Å². The number of pyridine rings is 1. The molecule has 2 aromatic heterocycles. The van der Waals surface area contributed by atoms with Crippen LogP contribution in [0.3, 0.4) is 0 Å². The third kappa shape index (κ3) is 3.01. The molecule has 22 heavy (non-hydrogen) atoms. The van der Waals surface area contributed by atoms with E-state index in [1.54, 1.807) is 6.33 Å². The van der Waals surface area contributed by atoms with E-state index < -0.39 is 0 Å². The average Bonchev–Trinajstić information content (AvgIpc) is 2.93. The van der Waals surface area contributed by atoms with E-state index in [4.69, 9.17) is 5.11 Å². The molecule has 0 unspecified atom stereocenters. The Labute approximate surface area is 128 Å². The van der Waals surface area contributed by atoms with Gasteiger partial charge in [0.2, 0.25) is 0 Å². The number of benzene rings is 1. The van der Waals surface area contributed by atoms with Crippen LogP contribution < -0.4 is 10.6 Å². The summed E-state index contributed by atoms with van der Waals surface area (Å²) in [7, 11) is 1.92. The fourth-order valence-electron chi connectivity index (χ4n) is 2.30. The summed E-state index contributed by atoms with van der Waals surface area (Å²) < 4.78 is 1.88. The Morgan fingerprint density at radius 3 is 2.77 bits per heavy atom. The van der Waals surface area contributed by atoms with Gasteiger partial charge in [0.05, 0.1) is 18.6 Å². The molecular weight excluding hydrogens is 278 g/mol. The van der Waals surface area contributed by atoms with Crippen molar-refractivity contribution in [3.05, 3.63) is 48.3 Å². The lowest BCUT2D eigenvalue weighted by Gasteiger charge is -2.11. The Morgan fingerprint density at radius 2 is 2.00 bits per heavy atom. The number of aromatic nitrogens is 3. The summed E-state index contributed by atoms with van der Waals surface area (Å²) in [4.78, 5) is 8.94. The van der Waals surface area contributed by atoms with E-state index in [2.05, 4.69) is 32.7 Å². The highest BCUT2D eigenvalue weighted by Gasteiger charge is 2.10. The van der Waals surface area contributed by atoms with Crippen LogP contribution in [-0.2, 0) is 13.6 Å². The first kappa shape index (κ1) is 14.3. The van der Waals surface area contributed by atoms with E-state index in [-0.39, 0.29) is 6.61 Å². The maximum atomic E-state index is 8.95. The SMILES string of the molecule is Cn1cnc2c(NCc3ccccc3)cc(NCCO)nc21. The van der Waals surface area contributed by atoms with Gasteiger partial charge >= 0.3 is 0 Å². The maximum Gasteiger partial charge on any atom is 0.164 e. The van der Waals surface area contributed by atoms with Gasteiger partial charge in [-0.25, -0.2) is 9.97 Å². The number of anilines is 2. The molecule has 6 heteroatoms. The van der Waals surface area contributed by atoms with Crippen molar-refractivity contribution in [2.45, 2.75) is 6.54 Å². The molecule has 0 radical (unpaired) electrons. The summed E-state index contributed by atoms with van der Waals surface area (Å²) >= 11 is 0. The molecular formula is C16H19N5O. The average molecular weight is 297 g/mol. The first-order valence-electron chi connectivity index (χ1n) is 7.22. The molecule has 3 N–H and O–H groups in total. The molecule has 2 heterocycles. The minimum absolute atomic E-state index is 0.0673. The summed E-state index contributed by atoms with van der Waals surface area (Å²) in [5, 5.41) is 15.5. The number of aliphatic hydroxyl groups excluding tert-OH is 1. The molecule has 6 nitrogen and oxygen atoms in total. The second kappa shape index (κ2) is 6.44. The molecule has 114 valence electrons. The number of hydrogen-bond acceptors (Lipinski definition) is 5. The van der Waals surface area contributed by atoms with Crippen molar-refractivity contribution in [1.29, 1.82) is 0 Å². The summed E-state index contributed by atoms with van der Waals surface area (Å²) in [6, 6.07) is 12.1. The van der Waals surface area contributed by atoms with E-state index in [1.807, 2.05) is 35.9 Å². The molecule has 0 aliphatic heterocycles. The number of aryl methyl sites for hydroxylation is 1. The van der Waals surface area contributed by atoms with Crippen molar-refractivity contribution in [3.8, 4) is 0 Å². The standard InChI is InChI=1S/C16H19N5O/c1-21-11-19-15-13(18-10-12-5-3-2-4-6-12)9-14(17-7-8-22)20-16(15)21/h2-6,9,11,22H,7-8,10H2,1H3,(H2,17,18,20). The normalized spacial score (nSPS) is 10.8. The molecule has 3 aromatic rings. The molecule has 0 saturated carbocycles. The molecule has 0 bridgehead atoms. The Balaban J connectivity index is 1.89. The quantitative estimate of drug-likeness (QED) is 0.649. The second-order valence-electron chi connectivity index (χ2n) is 5.07. The van der Waals surface area contributed by atoms with Gasteiger partial charge in [0.25, 0.3) is 0 Å². The zero-order valence-electron chi connectivity index (χ0n) is 12.5. The van der Waals surface area contributed by atoms with Crippen LogP contribution in [0.1, 0.15) is 5.56 Å². The van der Waals surface area contributed by atoms with Crippen LogP contribution in [0.5, 0.6) is 0 Å². The van der Waals surface area contributed by atoms with Gasteiger partial charge in [-0.3, -0.25) is 0 Å². The second-order valence-corrected chi connectivity index (χ2v) is 5.07. The highest BCUT2D eigenvalue weighted by molar-refractivity contribution is 5.87. The molecule has 1 aromatic carbocycles. The zero-order valence-corrected chi connectivity index (χ0v) is 12.5. The van der Waals surface area contributed by atoms with Gasteiger partial charge < -0.3 is 20.3 Å². The van der Waals surface area contributed by atoms with Crippen molar-refractivity contribution < 1.29 is 5.11 Å². The third-order valence-electron chi connectivity index (χ3n) is 3.41.